The van der Waals surface area contributed by atoms with Crippen molar-refractivity contribution in [2.45, 2.75) is 43.9 Å². The summed E-state index contributed by atoms with van der Waals surface area (Å²) < 4.78 is 6.26. The Morgan fingerprint density at radius 2 is 2.11 bits per heavy atom. The highest BCUT2D eigenvalue weighted by atomic mass is 79.9. The quantitative estimate of drug-likeness (QED) is 0.675. The highest BCUT2D eigenvalue weighted by Crippen LogP contribution is 2.33. The Hall–Kier alpha value is -0.210. The molecule has 0 aliphatic heterocycles. The Labute approximate surface area is 123 Å². The highest BCUT2D eigenvalue weighted by molar-refractivity contribution is 9.10. The minimum atomic E-state index is 0.341. The molecule has 1 aromatic carbocycles. The van der Waals surface area contributed by atoms with Crippen LogP contribution in [0.2, 0.25) is 0 Å². The summed E-state index contributed by atoms with van der Waals surface area (Å²) in [5.74, 6) is 1.63. The van der Waals surface area contributed by atoms with Crippen LogP contribution in [0.1, 0.15) is 37.7 Å². The van der Waals surface area contributed by atoms with E-state index in [2.05, 4.69) is 28.1 Å². The van der Waals surface area contributed by atoms with Crippen LogP contribution in [-0.2, 0) is 6.42 Å². The van der Waals surface area contributed by atoms with Gasteiger partial charge in [-0.05, 0) is 65.2 Å². The zero-order valence-electron chi connectivity index (χ0n) is 10.8. The van der Waals surface area contributed by atoms with Gasteiger partial charge in [-0.25, -0.2) is 0 Å². The molecule has 1 unspecified atom stereocenters. The maximum Gasteiger partial charge on any atom is 0.133 e. The summed E-state index contributed by atoms with van der Waals surface area (Å²) in [5, 5.41) is 0.341. The number of methoxy groups -OCH3 is 1. The average molecular weight is 332 g/mol. The topological polar surface area (TPSA) is 9.23 Å². The van der Waals surface area contributed by atoms with Crippen molar-refractivity contribution >= 4 is 27.5 Å². The number of halogens is 2. The van der Waals surface area contributed by atoms with Crippen LogP contribution in [0.15, 0.2) is 22.7 Å². The number of benzene rings is 1. The lowest BCUT2D eigenvalue weighted by Gasteiger charge is -2.16. The van der Waals surface area contributed by atoms with E-state index in [1.165, 1.54) is 31.2 Å². The van der Waals surface area contributed by atoms with Crippen molar-refractivity contribution in [2.75, 3.05) is 7.11 Å². The lowest BCUT2D eigenvalue weighted by Crippen LogP contribution is -2.12. The SMILES string of the molecule is COc1ccc(CCC(Cl)C2CCCC2)cc1Br. The monoisotopic (exact) mass is 330 g/mol. The Balaban J connectivity index is 1.87. The van der Waals surface area contributed by atoms with Crippen LogP contribution < -0.4 is 4.74 Å². The fraction of sp³-hybridized carbons (Fsp3) is 0.600. The molecule has 3 heteroatoms. The Kier molecular flexibility index (Phi) is 5.38. The van der Waals surface area contributed by atoms with Gasteiger partial charge in [-0.15, -0.1) is 11.6 Å². The molecule has 0 aromatic heterocycles. The van der Waals surface area contributed by atoms with Gasteiger partial charge in [0, 0.05) is 5.38 Å². The average Bonchev–Trinajstić information content (AvgIpc) is 2.90. The summed E-state index contributed by atoms with van der Waals surface area (Å²) >= 11 is 10.0. The lowest BCUT2D eigenvalue weighted by atomic mass is 9.98. The fourth-order valence-electron chi connectivity index (χ4n) is 2.72. The number of alkyl halides is 1. The second-order valence-corrected chi connectivity index (χ2v) is 6.48. The number of hydrogen-bond donors (Lipinski definition) is 0. The van der Waals surface area contributed by atoms with Crippen molar-refractivity contribution in [1.82, 2.24) is 0 Å². The number of rotatable bonds is 5. The number of ether oxygens (including phenoxy) is 1. The molecular formula is C15H20BrClO. The van der Waals surface area contributed by atoms with E-state index in [0.29, 0.717) is 5.38 Å². The van der Waals surface area contributed by atoms with Crippen molar-refractivity contribution in [3.05, 3.63) is 28.2 Å². The van der Waals surface area contributed by atoms with Gasteiger partial charge < -0.3 is 4.74 Å². The smallest absolute Gasteiger partial charge is 0.133 e. The molecule has 0 saturated heterocycles. The molecule has 1 aromatic rings. The minimum absolute atomic E-state index is 0.341. The first-order valence-electron chi connectivity index (χ1n) is 6.67. The van der Waals surface area contributed by atoms with Gasteiger partial charge in [0.25, 0.3) is 0 Å². The molecule has 18 heavy (non-hydrogen) atoms. The van der Waals surface area contributed by atoms with Gasteiger partial charge in [0.15, 0.2) is 0 Å². The van der Waals surface area contributed by atoms with Crippen molar-refractivity contribution in [3.63, 3.8) is 0 Å². The molecule has 0 heterocycles. The lowest BCUT2D eigenvalue weighted by molar-refractivity contribution is 0.412. The molecule has 1 aliphatic carbocycles. The van der Waals surface area contributed by atoms with Gasteiger partial charge in [-0.3, -0.25) is 0 Å². The molecular weight excluding hydrogens is 312 g/mol. The molecule has 0 N–H and O–H groups in total. The minimum Gasteiger partial charge on any atom is -0.496 e. The van der Waals surface area contributed by atoms with E-state index < -0.39 is 0 Å². The second-order valence-electron chi connectivity index (χ2n) is 5.07. The number of hydrogen-bond acceptors (Lipinski definition) is 1. The maximum absolute atomic E-state index is 6.50. The summed E-state index contributed by atoms with van der Waals surface area (Å²) in [6, 6.07) is 6.27. The molecule has 1 saturated carbocycles. The van der Waals surface area contributed by atoms with Gasteiger partial charge in [0.1, 0.15) is 5.75 Å². The third-order valence-corrected chi connectivity index (χ3v) is 5.03. The van der Waals surface area contributed by atoms with Crippen LogP contribution in [0.5, 0.6) is 5.75 Å². The third-order valence-electron chi connectivity index (χ3n) is 3.84. The first kappa shape index (κ1) is 14.2. The van der Waals surface area contributed by atoms with Crippen LogP contribution >= 0.6 is 27.5 Å². The predicted octanol–water partition coefficient (Wildman–Crippen LogP) is 5.19. The summed E-state index contributed by atoms with van der Waals surface area (Å²) in [6.45, 7) is 0. The molecule has 1 atom stereocenters. The van der Waals surface area contributed by atoms with E-state index in [9.17, 15) is 0 Å². The molecule has 0 spiro atoms. The standard InChI is InChI=1S/C15H20BrClO/c1-18-15-9-7-11(10-13(15)16)6-8-14(17)12-4-2-3-5-12/h7,9-10,12,14H,2-6,8H2,1H3. The van der Waals surface area contributed by atoms with Crippen LogP contribution in [0.3, 0.4) is 0 Å². The summed E-state index contributed by atoms with van der Waals surface area (Å²) in [4.78, 5) is 0. The zero-order chi connectivity index (χ0) is 13.0. The van der Waals surface area contributed by atoms with Gasteiger partial charge in [-0.1, -0.05) is 18.9 Å². The van der Waals surface area contributed by atoms with E-state index in [1.54, 1.807) is 7.11 Å². The summed E-state index contributed by atoms with van der Waals surface area (Å²) in [6.07, 6.45) is 7.49. The van der Waals surface area contributed by atoms with E-state index >= 15 is 0 Å². The molecule has 1 nitrogen and oxygen atoms in total. The molecule has 0 amide bonds. The van der Waals surface area contributed by atoms with Crippen LogP contribution in [0.4, 0.5) is 0 Å². The van der Waals surface area contributed by atoms with E-state index in [1.807, 2.05) is 6.07 Å². The van der Waals surface area contributed by atoms with Gasteiger partial charge in [-0.2, -0.15) is 0 Å². The summed E-state index contributed by atoms with van der Waals surface area (Å²) in [5.41, 5.74) is 1.33. The van der Waals surface area contributed by atoms with Crippen LogP contribution in [-0.4, -0.2) is 12.5 Å². The molecule has 0 bridgehead atoms. The Bertz CT molecular complexity index is 388. The van der Waals surface area contributed by atoms with Crippen molar-refractivity contribution in [3.8, 4) is 5.75 Å². The zero-order valence-corrected chi connectivity index (χ0v) is 13.1. The van der Waals surface area contributed by atoms with Gasteiger partial charge in [0.2, 0.25) is 0 Å². The van der Waals surface area contributed by atoms with E-state index in [4.69, 9.17) is 16.3 Å². The maximum atomic E-state index is 6.50. The Morgan fingerprint density at radius 1 is 1.39 bits per heavy atom. The summed E-state index contributed by atoms with van der Waals surface area (Å²) in [7, 11) is 1.69. The highest BCUT2D eigenvalue weighted by Gasteiger charge is 2.22. The van der Waals surface area contributed by atoms with Crippen molar-refractivity contribution < 1.29 is 4.74 Å². The molecule has 1 fully saturated rings. The van der Waals surface area contributed by atoms with Gasteiger partial charge in [0.05, 0.1) is 11.6 Å². The van der Waals surface area contributed by atoms with E-state index in [-0.39, 0.29) is 0 Å². The number of aryl methyl sites for hydroxylation is 1. The fourth-order valence-corrected chi connectivity index (χ4v) is 3.67. The Morgan fingerprint density at radius 3 is 2.72 bits per heavy atom. The second kappa shape index (κ2) is 6.81. The normalized spacial score (nSPS) is 17.9. The van der Waals surface area contributed by atoms with E-state index in [0.717, 1.165) is 29.0 Å². The molecule has 2 rings (SSSR count). The third kappa shape index (κ3) is 3.64. The largest absolute Gasteiger partial charge is 0.496 e. The molecule has 1 aliphatic rings. The predicted molar refractivity (Wildman–Crippen MR) is 80.6 cm³/mol. The molecule has 0 radical (unpaired) electrons. The van der Waals surface area contributed by atoms with Crippen molar-refractivity contribution in [1.29, 1.82) is 0 Å². The van der Waals surface area contributed by atoms with Crippen LogP contribution in [0.25, 0.3) is 0 Å². The molecule has 100 valence electrons. The first-order valence-corrected chi connectivity index (χ1v) is 7.90. The first-order chi connectivity index (χ1) is 8.70. The van der Waals surface area contributed by atoms with Gasteiger partial charge >= 0.3 is 0 Å². The van der Waals surface area contributed by atoms with Crippen molar-refractivity contribution in [2.24, 2.45) is 5.92 Å². The van der Waals surface area contributed by atoms with Crippen LogP contribution in [0, 0.1) is 5.92 Å².